The van der Waals surface area contributed by atoms with Crippen molar-refractivity contribution in [3.8, 4) is 0 Å². The largest absolute Gasteiger partial charge is 0.292 e. The molecule has 0 nitrogen and oxygen atoms in total. The van der Waals surface area contributed by atoms with Gasteiger partial charge in [0.05, 0.1) is 15.8 Å². The number of rotatable bonds is 7. The Labute approximate surface area is 293 Å². The van der Waals surface area contributed by atoms with Crippen LogP contribution in [0.25, 0.3) is 6.08 Å². The summed E-state index contributed by atoms with van der Waals surface area (Å²) in [5, 5.41) is 8.61. The minimum Gasteiger partial charge on any atom is -0.292 e. The third-order valence-corrected chi connectivity index (χ3v) is 12.8. The van der Waals surface area contributed by atoms with Crippen LogP contribution in [0.3, 0.4) is 0 Å². The molecule has 0 heterocycles. The van der Waals surface area contributed by atoms with Gasteiger partial charge in [0.25, 0.3) is 0 Å². The first-order valence-electron chi connectivity index (χ1n) is 15.5. The standard InChI is InChI=1S/2C18H15P.C8H7.Ni/c2*1-4-10-16(11-5-1)19(17-12-6-2-7-13-17)18-14-8-3-9-15-18;1-2-8-6-4-3-5-7-8;/h2*1-15H;1-7H;/q;;-1;/p+2. The molecule has 0 aliphatic carbocycles. The maximum atomic E-state index is 5.22. The van der Waals surface area contributed by atoms with Crippen LogP contribution in [0.4, 0.5) is 0 Å². The van der Waals surface area contributed by atoms with E-state index >= 15 is 0 Å². The number of hydrogen-bond donors (Lipinski definition) is 0. The molecule has 7 aromatic rings. The maximum absolute atomic E-state index is 5.22. The molecule has 7 rings (SSSR count). The Hall–Kier alpha value is -4.37. The zero-order chi connectivity index (χ0) is 31.7. The zero-order valence-electron chi connectivity index (χ0n) is 26.2. The van der Waals surface area contributed by atoms with Crippen molar-refractivity contribution in [2.45, 2.75) is 0 Å². The second-order valence-corrected chi connectivity index (χ2v) is 15.5. The van der Waals surface area contributed by atoms with E-state index in [1.54, 1.807) is 6.08 Å². The van der Waals surface area contributed by atoms with Crippen LogP contribution in [-0.2, 0) is 16.5 Å². The molecule has 0 spiro atoms. The molecule has 0 fully saturated rings. The van der Waals surface area contributed by atoms with E-state index in [2.05, 4.69) is 182 Å². The molecule has 0 aliphatic heterocycles. The summed E-state index contributed by atoms with van der Waals surface area (Å²) in [5.74, 6) is 0. The van der Waals surface area contributed by atoms with Crippen molar-refractivity contribution < 1.29 is 16.5 Å². The molecule has 3 heteroatoms. The van der Waals surface area contributed by atoms with E-state index in [0.29, 0.717) is 0 Å². The summed E-state index contributed by atoms with van der Waals surface area (Å²) in [5.41, 5.74) is 1.06. The van der Waals surface area contributed by atoms with Gasteiger partial charge in [-0.1, -0.05) is 127 Å². The Kier molecular flexibility index (Phi) is 15.1. The van der Waals surface area contributed by atoms with Gasteiger partial charge >= 0.3 is 0 Å². The Morgan fingerprint density at radius 3 is 0.596 bits per heavy atom. The molecule has 0 amide bonds. The molecule has 0 saturated carbocycles. The Bertz CT molecular complexity index is 1510. The van der Waals surface area contributed by atoms with Gasteiger partial charge in [0, 0.05) is 16.5 Å². The van der Waals surface area contributed by atoms with E-state index in [1.165, 1.54) is 31.8 Å². The second kappa shape index (κ2) is 20.0. The quantitative estimate of drug-likeness (QED) is 0.0896. The van der Waals surface area contributed by atoms with E-state index < -0.39 is 15.8 Å². The molecule has 0 atom stereocenters. The van der Waals surface area contributed by atoms with Crippen molar-refractivity contribution in [3.63, 3.8) is 0 Å². The van der Waals surface area contributed by atoms with Gasteiger partial charge in [-0.05, 0) is 72.8 Å². The van der Waals surface area contributed by atoms with Crippen molar-refractivity contribution >= 4 is 53.7 Å². The summed E-state index contributed by atoms with van der Waals surface area (Å²) in [6, 6.07) is 74.8. The summed E-state index contributed by atoms with van der Waals surface area (Å²) < 4.78 is 0. The zero-order valence-corrected chi connectivity index (χ0v) is 29.2. The number of hydrogen-bond acceptors (Lipinski definition) is 0. The fraction of sp³-hybridized carbons (Fsp3) is 0. The average Bonchev–Trinajstić information content (AvgIpc) is 3.15. The van der Waals surface area contributed by atoms with Gasteiger partial charge < -0.3 is 0 Å². The molecule has 234 valence electrons. The van der Waals surface area contributed by atoms with Gasteiger partial charge in [-0.25, -0.2) is 6.08 Å². The number of benzene rings is 7. The van der Waals surface area contributed by atoms with Crippen LogP contribution < -0.4 is 31.8 Å². The minimum absolute atomic E-state index is 0. The Morgan fingerprint density at radius 2 is 0.447 bits per heavy atom. The van der Waals surface area contributed by atoms with E-state index in [4.69, 9.17) is 6.58 Å². The summed E-state index contributed by atoms with van der Waals surface area (Å²) in [4.78, 5) is 0. The maximum Gasteiger partial charge on any atom is 0.102 e. The van der Waals surface area contributed by atoms with Crippen molar-refractivity contribution in [3.05, 3.63) is 224 Å². The monoisotopic (exact) mass is 687 g/mol. The van der Waals surface area contributed by atoms with Gasteiger partial charge in [0.2, 0.25) is 0 Å². The summed E-state index contributed by atoms with van der Waals surface area (Å²) in [6.45, 7) is 5.22. The Balaban J connectivity index is 0.000000171. The molecule has 0 unspecified atom stereocenters. The van der Waals surface area contributed by atoms with Gasteiger partial charge in [-0.2, -0.15) is 5.56 Å². The van der Waals surface area contributed by atoms with Gasteiger partial charge in [-0.3, -0.25) is 6.58 Å². The van der Waals surface area contributed by atoms with Gasteiger partial charge in [0.15, 0.2) is 0 Å². The molecule has 0 radical (unpaired) electrons. The van der Waals surface area contributed by atoms with E-state index in [0.717, 1.165) is 5.56 Å². The van der Waals surface area contributed by atoms with Crippen molar-refractivity contribution in [2.75, 3.05) is 0 Å². The fourth-order valence-corrected chi connectivity index (χ4v) is 10.3. The predicted octanol–water partition coefficient (Wildman–Crippen LogP) is 8.48. The molecule has 0 aliphatic rings. The van der Waals surface area contributed by atoms with Crippen LogP contribution in [0, 0.1) is 6.58 Å². The van der Waals surface area contributed by atoms with Crippen LogP contribution in [0.2, 0.25) is 0 Å². The van der Waals surface area contributed by atoms with Crippen LogP contribution >= 0.6 is 15.8 Å². The summed E-state index contributed by atoms with van der Waals surface area (Å²) in [6.07, 6.45) is 1.58. The van der Waals surface area contributed by atoms with Crippen molar-refractivity contribution in [1.29, 1.82) is 0 Å². The predicted molar refractivity (Wildman–Crippen MR) is 208 cm³/mol. The van der Waals surface area contributed by atoms with E-state index in [9.17, 15) is 0 Å². The SMILES string of the molecule is [CH-]=Cc1ccccc1.[Ni].c1ccc([PH+](c2ccccc2)c2ccccc2)cc1.c1ccc([PH+](c2ccccc2)c2ccccc2)cc1. The van der Waals surface area contributed by atoms with E-state index in [1.807, 2.05) is 30.3 Å². The van der Waals surface area contributed by atoms with Crippen LogP contribution in [0.5, 0.6) is 0 Å². The van der Waals surface area contributed by atoms with Crippen LogP contribution in [0.15, 0.2) is 212 Å². The first-order chi connectivity index (χ1) is 22.8. The minimum atomic E-state index is -0.877. The molecule has 0 saturated heterocycles. The second-order valence-electron chi connectivity index (χ2n) is 10.5. The summed E-state index contributed by atoms with van der Waals surface area (Å²) >= 11 is 0. The molecular formula is C44H39NiP2+. The fourth-order valence-electron chi connectivity index (χ4n) is 5.19. The van der Waals surface area contributed by atoms with Crippen LogP contribution in [-0.4, -0.2) is 0 Å². The normalized spacial score (nSPS) is 10.0. The first kappa shape index (κ1) is 35.5. The third kappa shape index (κ3) is 10.9. The molecule has 0 N–H and O–H groups in total. The van der Waals surface area contributed by atoms with Crippen molar-refractivity contribution in [1.82, 2.24) is 0 Å². The molecule has 0 aromatic heterocycles. The Morgan fingerprint density at radius 1 is 0.277 bits per heavy atom. The van der Waals surface area contributed by atoms with Gasteiger partial charge in [-0.15, -0.1) is 12.1 Å². The first-order valence-corrected chi connectivity index (χ1v) is 18.5. The van der Waals surface area contributed by atoms with E-state index in [-0.39, 0.29) is 16.5 Å². The topological polar surface area (TPSA) is 0 Å². The smallest absolute Gasteiger partial charge is 0.102 e. The van der Waals surface area contributed by atoms with Crippen LogP contribution in [0.1, 0.15) is 5.56 Å². The molecule has 0 bridgehead atoms. The molecule has 7 aromatic carbocycles. The molecular weight excluding hydrogens is 649 g/mol. The molecule has 47 heavy (non-hydrogen) atoms. The van der Waals surface area contributed by atoms with Gasteiger partial charge in [0.1, 0.15) is 31.8 Å². The summed E-state index contributed by atoms with van der Waals surface area (Å²) in [7, 11) is -1.75. The average molecular weight is 688 g/mol. The van der Waals surface area contributed by atoms with Crippen molar-refractivity contribution in [2.24, 2.45) is 0 Å². The third-order valence-electron chi connectivity index (χ3n) is 7.37.